The molecule has 1 aromatic carbocycles. The van der Waals surface area contributed by atoms with E-state index in [1.807, 2.05) is 6.07 Å². The molecule has 2 bridgehead atoms. The Balaban J connectivity index is 1.61. The fraction of sp³-hybridized carbons (Fsp3) is 0.619. The van der Waals surface area contributed by atoms with Crippen molar-refractivity contribution in [3.8, 4) is 11.5 Å². The minimum atomic E-state index is -0.646. The van der Waals surface area contributed by atoms with E-state index in [-0.39, 0.29) is 23.9 Å². The Hall–Kier alpha value is -1.52. The van der Waals surface area contributed by atoms with E-state index in [0.29, 0.717) is 5.75 Å². The molecule has 2 aliphatic heterocycles. The molecular formula is C21H25NO3. The van der Waals surface area contributed by atoms with Crippen molar-refractivity contribution in [2.45, 2.75) is 61.7 Å². The van der Waals surface area contributed by atoms with Crippen molar-refractivity contribution in [2.24, 2.45) is 5.92 Å². The Kier molecular flexibility index (Phi) is 2.11. The van der Waals surface area contributed by atoms with E-state index in [0.717, 1.165) is 61.4 Å². The molecule has 0 aromatic heterocycles. The first-order valence-corrected chi connectivity index (χ1v) is 9.58. The zero-order valence-electron chi connectivity index (χ0n) is 17.3. The molecule has 5 aliphatic rings. The lowest BCUT2D eigenvalue weighted by atomic mass is 9.48. The number of benzene rings is 1. The maximum Gasteiger partial charge on any atom is 0.293 e. The molecule has 2 saturated carbocycles. The van der Waals surface area contributed by atoms with Gasteiger partial charge < -0.3 is 15.0 Å². The molecule has 4 nitrogen and oxygen atoms in total. The highest BCUT2D eigenvalue weighted by Gasteiger charge is 2.71. The summed E-state index contributed by atoms with van der Waals surface area (Å²) in [5.41, 5.74) is 2.02. The topological polar surface area (TPSA) is 52.9 Å². The number of hydrogen-bond donors (Lipinski definition) is 2. The number of piperidine rings is 1. The first-order chi connectivity index (χ1) is 13.6. The monoisotopic (exact) mass is 342 g/mol. The highest BCUT2D eigenvalue weighted by Crippen LogP contribution is 2.66. The molecular weight excluding hydrogens is 314 g/mol. The van der Waals surface area contributed by atoms with Crippen LogP contribution < -0.4 is 4.74 Å². The number of hydrogen-bond acceptors (Lipinski definition) is 4. The van der Waals surface area contributed by atoms with E-state index in [9.17, 15) is 0 Å². The van der Waals surface area contributed by atoms with Gasteiger partial charge in [-0.3, -0.25) is 4.90 Å². The van der Waals surface area contributed by atoms with Gasteiger partial charge in [0.15, 0.2) is 11.5 Å². The van der Waals surface area contributed by atoms with Crippen LogP contribution in [0.25, 0.3) is 0 Å². The average Bonchev–Trinajstić information content (AvgIpc) is 3.43. The molecule has 1 saturated heterocycles. The van der Waals surface area contributed by atoms with Gasteiger partial charge in [0.25, 0.3) is 1.43 Å². The van der Waals surface area contributed by atoms with Crippen molar-refractivity contribution in [1.29, 1.82) is 2.86 Å². The van der Waals surface area contributed by atoms with E-state index in [1.54, 1.807) is 0 Å². The summed E-state index contributed by atoms with van der Waals surface area (Å²) in [5, 5.41) is 10.6. The average molecular weight is 342 g/mol. The molecule has 0 amide bonds. The summed E-state index contributed by atoms with van der Waals surface area (Å²) in [5.74, 6) is 1.46. The van der Waals surface area contributed by atoms with Crippen LogP contribution in [0.3, 0.4) is 0 Å². The van der Waals surface area contributed by atoms with Crippen LogP contribution in [0, 0.1) is 5.92 Å². The van der Waals surface area contributed by atoms with Gasteiger partial charge in [-0.05, 0) is 68.2 Å². The molecule has 1 aromatic rings. The van der Waals surface area contributed by atoms with Crippen molar-refractivity contribution < 1.29 is 16.3 Å². The van der Waals surface area contributed by atoms with Crippen LogP contribution in [0.5, 0.6) is 11.5 Å². The Morgan fingerprint density at radius 2 is 2.36 bits per heavy atom. The molecule has 2 N–H and O–H groups in total. The second-order valence-electron chi connectivity index (χ2n) is 8.77. The van der Waals surface area contributed by atoms with Gasteiger partial charge in [-0.25, -0.2) is 0 Å². The minimum absolute atomic E-state index is 0.110. The zero-order chi connectivity index (χ0) is 19.3. The van der Waals surface area contributed by atoms with Crippen molar-refractivity contribution in [2.75, 3.05) is 13.1 Å². The fourth-order valence-corrected chi connectivity index (χ4v) is 6.28. The molecule has 2 heterocycles. The van der Waals surface area contributed by atoms with Gasteiger partial charge in [-0.2, -0.15) is 0 Å². The lowest BCUT2D eigenvalue weighted by molar-refractivity contribution is -0.174. The first-order valence-electron chi connectivity index (χ1n) is 10.9. The van der Waals surface area contributed by atoms with Gasteiger partial charge >= 0.3 is 0 Å². The van der Waals surface area contributed by atoms with Crippen LogP contribution in [0.4, 0.5) is 0 Å². The Morgan fingerprint density at radius 1 is 1.44 bits per heavy atom. The van der Waals surface area contributed by atoms with E-state index < -0.39 is 11.0 Å². The normalized spacial score (nSPS) is 42.9. The molecule has 0 unspecified atom stereocenters. The predicted octanol–water partition coefficient (Wildman–Crippen LogP) is 2.51. The van der Waals surface area contributed by atoms with Gasteiger partial charge in [0.1, 0.15) is 6.10 Å². The van der Waals surface area contributed by atoms with Gasteiger partial charge in [0, 0.05) is 18.2 Å². The SMILES string of the molecule is [2H]Oc1c([2H])cc2c3c1O[C@H]1C(=C)CC[C@@]4(O[2H])[C@@H](C2)N(CC2CC2)CC[C@]314. The number of phenols is 1. The van der Waals surface area contributed by atoms with Crippen molar-refractivity contribution in [3.05, 3.63) is 35.4 Å². The van der Waals surface area contributed by atoms with Gasteiger partial charge in [0.05, 0.1) is 12.4 Å². The number of rotatable bonds is 4. The van der Waals surface area contributed by atoms with E-state index in [2.05, 4.69) is 11.5 Å². The molecule has 132 valence electrons. The van der Waals surface area contributed by atoms with Gasteiger partial charge in [-0.15, -0.1) is 0 Å². The number of aromatic hydroxyl groups is 1. The number of ether oxygens (including phenoxy) is 1. The van der Waals surface area contributed by atoms with E-state index >= 15 is 0 Å². The molecule has 4 heteroatoms. The molecule has 6 rings (SSSR count). The maximum atomic E-state index is 8.35. The standard InChI is InChI=1S/C21H25NO3/c1-12-6-7-21(24)16-10-14-4-5-15(23)18-17(14)20(21,19(12)25-18)8-9-22(16)11-13-2-3-13/h4-5,13,16,19,23-24H,1-3,6-11H2/t16-,19+,20+,21-/m1/s1/i5D,24D/hD. The van der Waals surface area contributed by atoms with Crippen LogP contribution in [-0.2, 0) is 11.8 Å². The molecule has 0 radical (unpaired) electrons. The molecule has 3 fully saturated rings. The highest BCUT2D eigenvalue weighted by molar-refractivity contribution is 5.63. The third-order valence-electron chi connectivity index (χ3n) is 7.58. The Labute approximate surface area is 152 Å². The lowest BCUT2D eigenvalue weighted by Crippen LogP contribution is -2.75. The highest BCUT2D eigenvalue weighted by atomic mass is 16.5. The van der Waals surface area contributed by atoms with Gasteiger partial charge in [0.2, 0.25) is 1.43 Å². The van der Waals surface area contributed by atoms with Crippen LogP contribution in [0.15, 0.2) is 24.3 Å². The van der Waals surface area contributed by atoms with E-state index in [1.165, 1.54) is 12.8 Å². The summed E-state index contributed by atoms with van der Waals surface area (Å²) >= 11 is 0. The minimum Gasteiger partial charge on any atom is -0.504 e. The molecule has 3 aliphatic carbocycles. The fourth-order valence-electron chi connectivity index (χ4n) is 6.28. The smallest absolute Gasteiger partial charge is 0.293 e. The summed E-state index contributed by atoms with van der Waals surface area (Å²) in [7, 11) is 0. The first kappa shape index (κ1) is 12.0. The van der Waals surface area contributed by atoms with Crippen molar-refractivity contribution in [1.82, 2.24) is 4.90 Å². The number of likely N-dealkylation sites (tertiary alicyclic amines) is 1. The predicted molar refractivity (Wildman–Crippen MR) is 93.9 cm³/mol. The Bertz CT molecular complexity index is 888. The van der Waals surface area contributed by atoms with Crippen LogP contribution in [0.1, 0.15) is 44.6 Å². The Morgan fingerprint density at radius 3 is 3.16 bits per heavy atom. The number of aliphatic hydroxyl groups is 1. The quantitative estimate of drug-likeness (QED) is 0.826. The number of nitrogens with zero attached hydrogens (tertiary/aromatic N) is 1. The van der Waals surface area contributed by atoms with Crippen LogP contribution in [-0.4, -0.2) is 48.8 Å². The summed E-state index contributed by atoms with van der Waals surface area (Å²) in [4.78, 5) is 2.54. The second kappa shape index (κ2) is 4.41. The molecule has 25 heavy (non-hydrogen) atoms. The summed E-state index contributed by atoms with van der Waals surface area (Å²) in [6, 6.07) is 2.14. The molecule has 4 atom stereocenters. The lowest BCUT2D eigenvalue weighted by Gasteiger charge is -2.63. The van der Waals surface area contributed by atoms with Crippen molar-refractivity contribution in [3.63, 3.8) is 0 Å². The second-order valence-corrected chi connectivity index (χ2v) is 8.77. The number of phenolic OH excluding ortho intramolecular Hbond substituents is 1. The summed E-state index contributed by atoms with van der Waals surface area (Å²) in [6.45, 7) is 6.33. The summed E-state index contributed by atoms with van der Waals surface area (Å²) < 4.78 is 30.5. The summed E-state index contributed by atoms with van der Waals surface area (Å²) in [6.07, 6.45) is 5.45. The van der Waals surface area contributed by atoms with Gasteiger partial charge in [-0.1, -0.05) is 12.6 Å². The third kappa shape index (κ3) is 1.57. The largest absolute Gasteiger partial charge is 0.504 e. The van der Waals surface area contributed by atoms with Crippen LogP contribution >= 0.6 is 0 Å². The molecule has 1 spiro atoms. The zero-order valence-corrected chi connectivity index (χ0v) is 14.3. The van der Waals surface area contributed by atoms with Crippen LogP contribution in [0.2, 0.25) is 0 Å². The van der Waals surface area contributed by atoms with Crippen molar-refractivity contribution >= 4 is 0 Å². The third-order valence-corrected chi connectivity index (χ3v) is 7.58. The van der Waals surface area contributed by atoms with E-state index in [4.69, 9.17) is 19.2 Å². The maximum absolute atomic E-state index is 8.35.